The molecule has 1 heterocycles. The van der Waals surface area contributed by atoms with Gasteiger partial charge in [-0.3, -0.25) is 9.48 Å². The summed E-state index contributed by atoms with van der Waals surface area (Å²) in [5.41, 5.74) is 5.35. The Kier molecular flexibility index (Phi) is 4.06. The van der Waals surface area contributed by atoms with E-state index in [0.29, 0.717) is 31.9 Å². The lowest BCUT2D eigenvalue weighted by Crippen LogP contribution is -2.23. The van der Waals surface area contributed by atoms with Crippen molar-refractivity contribution in [3.05, 3.63) is 12.2 Å². The van der Waals surface area contributed by atoms with Crippen molar-refractivity contribution in [2.75, 3.05) is 6.54 Å². The summed E-state index contributed by atoms with van der Waals surface area (Å²) in [6.07, 6.45) is 2.00. The van der Waals surface area contributed by atoms with Crippen molar-refractivity contribution in [3.63, 3.8) is 0 Å². The highest BCUT2D eigenvalue weighted by Gasteiger charge is 2.02. The number of aryl methyl sites for hydroxylation is 1. The van der Waals surface area contributed by atoms with Crippen LogP contribution in [-0.4, -0.2) is 27.2 Å². The third kappa shape index (κ3) is 3.14. The summed E-state index contributed by atoms with van der Waals surface area (Å²) in [6.45, 7) is 3.41. The van der Waals surface area contributed by atoms with Crippen molar-refractivity contribution >= 4 is 5.91 Å². The van der Waals surface area contributed by atoms with Gasteiger partial charge in [-0.1, -0.05) is 0 Å². The normalized spacial score (nSPS) is 10.1. The number of nitrogens with one attached hydrogen (secondary N) is 1. The van der Waals surface area contributed by atoms with E-state index in [-0.39, 0.29) is 5.91 Å². The lowest BCUT2D eigenvalue weighted by Gasteiger charge is -2.01. The fourth-order valence-electron chi connectivity index (χ4n) is 1.04. The van der Waals surface area contributed by atoms with Crippen LogP contribution in [0.3, 0.4) is 0 Å². The van der Waals surface area contributed by atoms with E-state index >= 15 is 0 Å². The molecule has 6 heteroatoms. The van der Waals surface area contributed by atoms with Gasteiger partial charge in [0, 0.05) is 13.0 Å². The van der Waals surface area contributed by atoms with E-state index in [1.165, 1.54) is 0 Å². The van der Waals surface area contributed by atoms with E-state index in [2.05, 4.69) is 15.4 Å². The van der Waals surface area contributed by atoms with Gasteiger partial charge in [-0.15, -0.1) is 0 Å². The molecule has 0 saturated heterocycles. The topological polar surface area (TPSA) is 85.8 Å². The van der Waals surface area contributed by atoms with Gasteiger partial charge in [-0.05, 0) is 6.92 Å². The van der Waals surface area contributed by atoms with Gasteiger partial charge in [-0.2, -0.15) is 5.10 Å². The smallest absolute Gasteiger partial charge is 0.221 e. The van der Waals surface area contributed by atoms with Crippen LogP contribution in [0.4, 0.5) is 0 Å². The number of carbonyl (C=O) groups excluding carboxylic acids is 1. The van der Waals surface area contributed by atoms with Crippen molar-refractivity contribution in [3.8, 4) is 0 Å². The van der Waals surface area contributed by atoms with E-state index in [0.717, 1.165) is 0 Å². The molecule has 0 aliphatic heterocycles. The molecule has 0 aliphatic rings. The Hall–Kier alpha value is -1.43. The number of nitrogens with zero attached hydrogens (tertiary/aromatic N) is 3. The van der Waals surface area contributed by atoms with Crippen LogP contribution in [0.2, 0.25) is 0 Å². The molecule has 0 aliphatic carbocycles. The highest BCUT2D eigenvalue weighted by Crippen LogP contribution is 1.91. The van der Waals surface area contributed by atoms with Gasteiger partial charge < -0.3 is 11.1 Å². The zero-order valence-corrected chi connectivity index (χ0v) is 8.23. The van der Waals surface area contributed by atoms with Gasteiger partial charge in [0.1, 0.15) is 6.33 Å². The van der Waals surface area contributed by atoms with Crippen LogP contribution in [0.5, 0.6) is 0 Å². The zero-order chi connectivity index (χ0) is 10.4. The molecule has 1 aromatic heterocycles. The van der Waals surface area contributed by atoms with Crippen molar-refractivity contribution in [1.82, 2.24) is 20.1 Å². The Morgan fingerprint density at radius 1 is 1.71 bits per heavy atom. The number of carbonyl (C=O) groups is 1. The zero-order valence-electron chi connectivity index (χ0n) is 8.23. The number of rotatable bonds is 5. The molecule has 1 aromatic rings. The Balaban J connectivity index is 2.34. The summed E-state index contributed by atoms with van der Waals surface area (Å²) >= 11 is 0. The van der Waals surface area contributed by atoms with Crippen LogP contribution >= 0.6 is 0 Å². The van der Waals surface area contributed by atoms with Crippen LogP contribution < -0.4 is 11.1 Å². The first-order valence-corrected chi connectivity index (χ1v) is 4.61. The van der Waals surface area contributed by atoms with Crippen molar-refractivity contribution < 1.29 is 4.79 Å². The molecule has 0 aromatic carbocycles. The Morgan fingerprint density at radius 3 is 3.07 bits per heavy atom. The summed E-state index contributed by atoms with van der Waals surface area (Å²) in [4.78, 5) is 15.0. The minimum Gasteiger partial charge on any atom is -0.356 e. The van der Waals surface area contributed by atoms with Gasteiger partial charge in [0.2, 0.25) is 5.91 Å². The minimum absolute atomic E-state index is 0.0253. The molecule has 0 atom stereocenters. The summed E-state index contributed by atoms with van der Waals surface area (Å²) < 4.78 is 1.62. The summed E-state index contributed by atoms with van der Waals surface area (Å²) in [7, 11) is 0. The molecule has 14 heavy (non-hydrogen) atoms. The summed E-state index contributed by atoms with van der Waals surface area (Å²) in [5.74, 6) is 0.623. The van der Waals surface area contributed by atoms with Crippen molar-refractivity contribution in [2.45, 2.75) is 26.4 Å². The average Bonchev–Trinajstić information content (AvgIpc) is 2.63. The molecule has 3 N–H and O–H groups in total. The van der Waals surface area contributed by atoms with Gasteiger partial charge >= 0.3 is 0 Å². The van der Waals surface area contributed by atoms with E-state index < -0.39 is 0 Å². The maximum Gasteiger partial charge on any atom is 0.221 e. The SMILES string of the molecule is CCNC(=O)CCn1cnc(CN)n1. The maximum atomic E-state index is 11.1. The molecule has 0 spiro atoms. The molecule has 1 rings (SSSR count). The number of nitrogens with two attached hydrogens (primary N) is 1. The fraction of sp³-hybridized carbons (Fsp3) is 0.625. The van der Waals surface area contributed by atoms with Crippen LogP contribution in [0.15, 0.2) is 6.33 Å². The minimum atomic E-state index is 0.0253. The molecule has 78 valence electrons. The van der Waals surface area contributed by atoms with E-state index in [1.54, 1.807) is 11.0 Å². The van der Waals surface area contributed by atoms with Gasteiger partial charge in [0.15, 0.2) is 5.82 Å². The predicted octanol–water partition coefficient (Wildman–Crippen LogP) is -0.737. The number of hydrogen-bond acceptors (Lipinski definition) is 4. The first kappa shape index (κ1) is 10.6. The molecular weight excluding hydrogens is 182 g/mol. The Bertz CT molecular complexity index is 296. The molecule has 0 radical (unpaired) electrons. The van der Waals surface area contributed by atoms with Gasteiger partial charge in [0.05, 0.1) is 13.1 Å². The van der Waals surface area contributed by atoms with Crippen LogP contribution in [0.1, 0.15) is 19.2 Å². The van der Waals surface area contributed by atoms with Crippen molar-refractivity contribution in [1.29, 1.82) is 0 Å². The largest absolute Gasteiger partial charge is 0.356 e. The molecule has 1 amide bonds. The highest BCUT2D eigenvalue weighted by molar-refractivity contribution is 5.75. The standard InChI is InChI=1S/C8H15N5O/c1-2-10-8(14)3-4-13-6-11-7(5-9)12-13/h6H,2-5,9H2,1H3,(H,10,14). The lowest BCUT2D eigenvalue weighted by molar-refractivity contribution is -0.121. The van der Waals surface area contributed by atoms with E-state index in [9.17, 15) is 4.79 Å². The molecule has 0 bridgehead atoms. The average molecular weight is 197 g/mol. The number of amides is 1. The number of aromatic nitrogens is 3. The molecule has 0 fully saturated rings. The quantitative estimate of drug-likeness (QED) is 0.651. The number of hydrogen-bond donors (Lipinski definition) is 2. The second-order valence-corrected chi connectivity index (χ2v) is 2.83. The Labute approximate surface area is 82.5 Å². The monoisotopic (exact) mass is 197 g/mol. The third-order valence-electron chi connectivity index (χ3n) is 1.71. The highest BCUT2D eigenvalue weighted by atomic mass is 16.1. The van der Waals surface area contributed by atoms with Crippen LogP contribution in [0.25, 0.3) is 0 Å². The maximum absolute atomic E-state index is 11.1. The predicted molar refractivity (Wildman–Crippen MR) is 51.2 cm³/mol. The van der Waals surface area contributed by atoms with Crippen molar-refractivity contribution in [2.24, 2.45) is 5.73 Å². The van der Waals surface area contributed by atoms with Crippen LogP contribution in [-0.2, 0) is 17.9 Å². The van der Waals surface area contributed by atoms with Gasteiger partial charge in [-0.25, -0.2) is 4.98 Å². The third-order valence-corrected chi connectivity index (χ3v) is 1.71. The first-order valence-electron chi connectivity index (χ1n) is 4.61. The second kappa shape index (κ2) is 5.33. The molecule has 6 nitrogen and oxygen atoms in total. The molecule has 0 saturated carbocycles. The molecular formula is C8H15N5O. The van der Waals surface area contributed by atoms with E-state index in [4.69, 9.17) is 5.73 Å². The summed E-state index contributed by atoms with van der Waals surface area (Å²) in [6, 6.07) is 0. The molecule has 0 unspecified atom stereocenters. The fourth-order valence-corrected chi connectivity index (χ4v) is 1.04. The first-order chi connectivity index (χ1) is 6.76. The summed E-state index contributed by atoms with van der Waals surface area (Å²) in [5, 5.41) is 6.77. The van der Waals surface area contributed by atoms with E-state index in [1.807, 2.05) is 6.92 Å². The lowest BCUT2D eigenvalue weighted by atomic mass is 10.4. The van der Waals surface area contributed by atoms with Gasteiger partial charge in [0.25, 0.3) is 0 Å². The second-order valence-electron chi connectivity index (χ2n) is 2.83. The van der Waals surface area contributed by atoms with Crippen LogP contribution in [0, 0.1) is 0 Å². The Morgan fingerprint density at radius 2 is 2.50 bits per heavy atom.